The van der Waals surface area contributed by atoms with Crippen molar-refractivity contribution in [3.05, 3.63) is 16.3 Å². The van der Waals surface area contributed by atoms with Crippen molar-refractivity contribution in [2.24, 2.45) is 5.92 Å². The number of carbonyl (C=O) groups is 1. The fraction of sp³-hybridized carbons (Fsp3) is 0.500. The Labute approximate surface area is 93.7 Å². The molecule has 0 atom stereocenters. The van der Waals surface area contributed by atoms with Crippen molar-refractivity contribution in [2.45, 2.75) is 25.2 Å². The fourth-order valence-electron chi connectivity index (χ4n) is 0.892. The normalized spacial score (nSPS) is 10.6. The lowest BCUT2D eigenvalue weighted by Gasteiger charge is -2.04. The largest absolute Gasteiger partial charge is 0.461 e. The summed E-state index contributed by atoms with van der Waals surface area (Å²) in [7, 11) is 0. The number of rotatable bonds is 4. The molecule has 1 heterocycles. The van der Waals surface area contributed by atoms with E-state index < -0.39 is 0 Å². The lowest BCUT2D eigenvalue weighted by molar-refractivity contribution is 0.0493. The van der Waals surface area contributed by atoms with Gasteiger partial charge in [0.25, 0.3) is 0 Å². The van der Waals surface area contributed by atoms with Gasteiger partial charge in [0.2, 0.25) is 0 Å². The molecule has 1 aromatic heterocycles. The van der Waals surface area contributed by atoms with Crippen LogP contribution in [0.15, 0.2) is 16.3 Å². The van der Waals surface area contributed by atoms with Crippen molar-refractivity contribution >= 4 is 29.9 Å². The molecule has 0 unspecified atom stereocenters. The molecule has 0 N–H and O–H groups in total. The van der Waals surface area contributed by atoms with Gasteiger partial charge in [-0.3, -0.25) is 0 Å². The molecule has 0 amide bonds. The van der Waals surface area contributed by atoms with Crippen molar-refractivity contribution in [2.75, 3.05) is 6.61 Å². The van der Waals surface area contributed by atoms with Crippen LogP contribution in [0.5, 0.6) is 0 Å². The topological polar surface area (TPSA) is 26.3 Å². The molecule has 1 aromatic rings. The Morgan fingerprint density at radius 3 is 2.86 bits per heavy atom. The van der Waals surface area contributed by atoms with Gasteiger partial charge >= 0.3 is 5.97 Å². The molecule has 4 heteroatoms. The van der Waals surface area contributed by atoms with Crippen LogP contribution in [0.3, 0.4) is 0 Å². The number of thiophene rings is 1. The lowest BCUT2D eigenvalue weighted by atomic mass is 10.1. The molecule has 78 valence electrons. The monoisotopic (exact) mass is 230 g/mol. The number of hydrogen-bond donors (Lipinski definition) is 1. The molecule has 0 fully saturated rings. The smallest absolute Gasteiger partial charge is 0.348 e. The van der Waals surface area contributed by atoms with E-state index in [0.717, 1.165) is 11.3 Å². The minimum absolute atomic E-state index is 0.240. The second kappa shape index (κ2) is 5.41. The van der Waals surface area contributed by atoms with Crippen LogP contribution in [0, 0.1) is 5.92 Å². The van der Waals surface area contributed by atoms with Crippen molar-refractivity contribution in [1.29, 1.82) is 0 Å². The van der Waals surface area contributed by atoms with E-state index in [2.05, 4.69) is 26.5 Å². The van der Waals surface area contributed by atoms with E-state index >= 15 is 0 Å². The average molecular weight is 230 g/mol. The maximum atomic E-state index is 11.4. The van der Waals surface area contributed by atoms with Crippen LogP contribution in [0.2, 0.25) is 0 Å². The van der Waals surface area contributed by atoms with Crippen molar-refractivity contribution in [3.63, 3.8) is 0 Å². The Balaban J connectivity index is 2.36. The lowest BCUT2D eigenvalue weighted by Crippen LogP contribution is -2.06. The molecule has 0 saturated carbocycles. The zero-order chi connectivity index (χ0) is 10.6. The molecular formula is C10H14O2S2. The average Bonchev–Trinajstić information content (AvgIpc) is 2.51. The first-order valence-corrected chi connectivity index (χ1v) is 5.87. The second-order valence-electron chi connectivity index (χ2n) is 3.49. The summed E-state index contributed by atoms with van der Waals surface area (Å²) >= 11 is 5.49. The van der Waals surface area contributed by atoms with E-state index in [4.69, 9.17) is 4.74 Å². The molecule has 0 radical (unpaired) electrons. The molecule has 2 nitrogen and oxygen atoms in total. The quantitative estimate of drug-likeness (QED) is 0.635. The SMILES string of the molecule is CC(C)CCOC(=O)c1cc(S)cs1. The van der Waals surface area contributed by atoms with Crippen LogP contribution >= 0.6 is 24.0 Å². The summed E-state index contributed by atoms with van der Waals surface area (Å²) in [6, 6.07) is 1.73. The summed E-state index contributed by atoms with van der Waals surface area (Å²) < 4.78 is 5.09. The minimum atomic E-state index is -0.240. The first kappa shape index (κ1) is 11.6. The third-order valence-electron chi connectivity index (χ3n) is 1.72. The summed E-state index contributed by atoms with van der Waals surface area (Å²) in [5.41, 5.74) is 0. The Morgan fingerprint density at radius 1 is 1.64 bits per heavy atom. The van der Waals surface area contributed by atoms with Crippen LogP contribution in [-0.2, 0) is 4.74 Å². The van der Waals surface area contributed by atoms with Gasteiger partial charge in [-0.25, -0.2) is 4.79 Å². The van der Waals surface area contributed by atoms with Crippen LogP contribution in [0.4, 0.5) is 0 Å². The van der Waals surface area contributed by atoms with Gasteiger partial charge in [-0.2, -0.15) is 0 Å². The predicted molar refractivity (Wildman–Crippen MR) is 61.3 cm³/mol. The minimum Gasteiger partial charge on any atom is -0.461 e. The maximum Gasteiger partial charge on any atom is 0.348 e. The molecule has 0 aromatic carbocycles. The van der Waals surface area contributed by atoms with E-state index in [1.54, 1.807) is 6.07 Å². The van der Waals surface area contributed by atoms with Crippen LogP contribution in [0.1, 0.15) is 29.9 Å². The van der Waals surface area contributed by atoms with Crippen LogP contribution in [-0.4, -0.2) is 12.6 Å². The number of thiol groups is 1. The highest BCUT2D eigenvalue weighted by molar-refractivity contribution is 7.80. The molecule has 0 saturated heterocycles. The number of carbonyl (C=O) groups excluding carboxylic acids is 1. The van der Waals surface area contributed by atoms with Crippen molar-refractivity contribution in [1.82, 2.24) is 0 Å². The Bertz CT molecular complexity index is 305. The Hall–Kier alpha value is -0.480. The summed E-state index contributed by atoms with van der Waals surface area (Å²) in [5.74, 6) is 0.322. The predicted octanol–water partition coefficient (Wildman–Crippen LogP) is 3.24. The van der Waals surface area contributed by atoms with E-state index in [1.165, 1.54) is 11.3 Å². The van der Waals surface area contributed by atoms with E-state index in [1.807, 2.05) is 5.38 Å². The molecular weight excluding hydrogens is 216 g/mol. The van der Waals surface area contributed by atoms with Gasteiger partial charge in [-0.1, -0.05) is 13.8 Å². The van der Waals surface area contributed by atoms with E-state index in [-0.39, 0.29) is 5.97 Å². The highest BCUT2D eigenvalue weighted by Gasteiger charge is 2.09. The first-order valence-electron chi connectivity index (χ1n) is 4.54. The van der Waals surface area contributed by atoms with Crippen molar-refractivity contribution < 1.29 is 9.53 Å². The number of ether oxygens (including phenoxy) is 1. The van der Waals surface area contributed by atoms with E-state index in [9.17, 15) is 4.79 Å². The Kier molecular flexibility index (Phi) is 4.48. The standard InChI is InChI=1S/C10H14O2S2/c1-7(2)3-4-12-10(11)9-5-8(13)6-14-9/h5-7,13H,3-4H2,1-2H3. The third kappa shape index (κ3) is 3.72. The molecule has 0 bridgehead atoms. The number of hydrogen-bond acceptors (Lipinski definition) is 4. The Morgan fingerprint density at radius 2 is 2.36 bits per heavy atom. The van der Waals surface area contributed by atoms with Gasteiger partial charge in [0.05, 0.1) is 6.61 Å². The molecule has 0 aliphatic carbocycles. The van der Waals surface area contributed by atoms with Gasteiger partial charge in [0.15, 0.2) is 0 Å². The maximum absolute atomic E-state index is 11.4. The summed E-state index contributed by atoms with van der Waals surface area (Å²) in [6.45, 7) is 4.70. The van der Waals surface area contributed by atoms with Crippen LogP contribution in [0.25, 0.3) is 0 Å². The summed E-state index contributed by atoms with van der Waals surface area (Å²) in [6.07, 6.45) is 0.908. The number of esters is 1. The zero-order valence-corrected chi connectivity index (χ0v) is 10.0. The third-order valence-corrected chi connectivity index (χ3v) is 3.06. The molecule has 0 spiro atoms. The van der Waals surface area contributed by atoms with Gasteiger partial charge < -0.3 is 4.74 Å². The van der Waals surface area contributed by atoms with Gasteiger partial charge in [0, 0.05) is 10.3 Å². The molecule has 14 heavy (non-hydrogen) atoms. The highest BCUT2D eigenvalue weighted by atomic mass is 32.1. The first-order chi connectivity index (χ1) is 6.59. The van der Waals surface area contributed by atoms with Gasteiger partial charge in [-0.05, 0) is 18.4 Å². The fourth-order valence-corrected chi connectivity index (χ4v) is 1.93. The van der Waals surface area contributed by atoms with Crippen LogP contribution < -0.4 is 0 Å². The molecule has 0 aliphatic rings. The van der Waals surface area contributed by atoms with Crippen molar-refractivity contribution in [3.8, 4) is 0 Å². The van der Waals surface area contributed by atoms with Gasteiger partial charge in [0.1, 0.15) is 4.88 Å². The summed E-state index contributed by atoms with van der Waals surface area (Å²) in [5, 5.41) is 1.82. The zero-order valence-electron chi connectivity index (χ0n) is 8.32. The highest BCUT2D eigenvalue weighted by Crippen LogP contribution is 2.18. The molecule has 0 aliphatic heterocycles. The van der Waals surface area contributed by atoms with E-state index in [0.29, 0.717) is 17.4 Å². The second-order valence-corrected chi connectivity index (χ2v) is 4.92. The van der Waals surface area contributed by atoms with Gasteiger partial charge in [-0.15, -0.1) is 24.0 Å². The molecule has 1 rings (SSSR count). The summed E-state index contributed by atoms with van der Waals surface area (Å²) in [4.78, 5) is 12.8.